The van der Waals surface area contributed by atoms with Gasteiger partial charge < -0.3 is 9.31 Å². The van der Waals surface area contributed by atoms with E-state index in [4.69, 9.17) is 20.9 Å². The van der Waals surface area contributed by atoms with E-state index in [0.717, 1.165) is 5.56 Å². The molecule has 1 saturated heterocycles. The molecule has 2 rings (SSSR count). The summed E-state index contributed by atoms with van der Waals surface area (Å²) < 4.78 is 27.8. The first-order chi connectivity index (χ1) is 10.8. The molecular formula is C17H27BClNO3S. The van der Waals surface area contributed by atoms with Crippen molar-refractivity contribution in [2.45, 2.75) is 70.4 Å². The zero-order valence-electron chi connectivity index (χ0n) is 15.5. The molecule has 0 spiro atoms. The molecule has 0 aromatic heterocycles. The van der Waals surface area contributed by atoms with Crippen molar-refractivity contribution in [3.63, 3.8) is 0 Å². The maximum Gasteiger partial charge on any atom is 0.481 e. The van der Waals surface area contributed by atoms with Gasteiger partial charge in [0.15, 0.2) is 0 Å². The number of nitrogens with one attached hydrogen (secondary N) is 1. The highest BCUT2D eigenvalue weighted by molar-refractivity contribution is 7.84. The molecule has 0 amide bonds. The van der Waals surface area contributed by atoms with Gasteiger partial charge in [0.1, 0.15) is 0 Å². The van der Waals surface area contributed by atoms with Crippen LogP contribution in [0.4, 0.5) is 0 Å². The summed E-state index contributed by atoms with van der Waals surface area (Å²) >= 11 is 6.00. The highest BCUT2D eigenvalue weighted by Gasteiger charge is 2.54. The van der Waals surface area contributed by atoms with Crippen molar-refractivity contribution in [2.24, 2.45) is 0 Å². The summed E-state index contributed by atoms with van der Waals surface area (Å²) in [5.41, 5.74) is 0.0241. The van der Waals surface area contributed by atoms with Crippen LogP contribution in [0.3, 0.4) is 0 Å². The molecule has 1 aromatic rings. The lowest BCUT2D eigenvalue weighted by Crippen LogP contribution is -2.43. The van der Waals surface area contributed by atoms with Gasteiger partial charge in [-0.1, -0.05) is 23.7 Å². The van der Waals surface area contributed by atoms with Crippen molar-refractivity contribution in [1.29, 1.82) is 0 Å². The molecule has 1 N–H and O–H groups in total. The van der Waals surface area contributed by atoms with Gasteiger partial charge >= 0.3 is 7.12 Å². The third kappa shape index (κ3) is 4.22. The van der Waals surface area contributed by atoms with Crippen LogP contribution in [0.25, 0.3) is 0 Å². The molecule has 0 aliphatic carbocycles. The molecule has 24 heavy (non-hydrogen) atoms. The van der Waals surface area contributed by atoms with Crippen molar-refractivity contribution in [1.82, 2.24) is 4.72 Å². The minimum Gasteiger partial charge on any atom is -0.402 e. The van der Waals surface area contributed by atoms with E-state index < -0.39 is 34.1 Å². The first-order valence-corrected chi connectivity index (χ1v) is 9.65. The molecule has 1 fully saturated rings. The van der Waals surface area contributed by atoms with Crippen LogP contribution < -0.4 is 4.72 Å². The first-order valence-electron chi connectivity index (χ1n) is 8.13. The second-order valence-electron chi connectivity index (χ2n) is 8.15. The van der Waals surface area contributed by atoms with E-state index in [1.807, 2.05) is 72.7 Å². The van der Waals surface area contributed by atoms with Crippen molar-refractivity contribution in [3.05, 3.63) is 34.9 Å². The van der Waals surface area contributed by atoms with Crippen LogP contribution >= 0.6 is 11.6 Å². The van der Waals surface area contributed by atoms with Crippen molar-refractivity contribution in [3.8, 4) is 0 Å². The Morgan fingerprint density at radius 1 is 1.08 bits per heavy atom. The normalized spacial score (nSPS) is 22.4. The summed E-state index contributed by atoms with van der Waals surface area (Å²) in [5, 5.41) is 0.656. The van der Waals surface area contributed by atoms with Crippen LogP contribution in [0, 0.1) is 0 Å². The summed E-state index contributed by atoms with van der Waals surface area (Å²) in [5.74, 6) is -0.358. The lowest BCUT2D eigenvalue weighted by atomic mass is 9.75. The Kier molecular flexibility index (Phi) is 5.58. The molecular weight excluding hydrogens is 345 g/mol. The second kappa shape index (κ2) is 6.73. The molecule has 0 unspecified atom stereocenters. The highest BCUT2D eigenvalue weighted by atomic mass is 35.5. The molecule has 134 valence electrons. The summed E-state index contributed by atoms with van der Waals surface area (Å²) in [4.78, 5) is 0. The number of rotatable bonds is 4. The van der Waals surface area contributed by atoms with Crippen LogP contribution in [0.5, 0.6) is 0 Å². The topological polar surface area (TPSA) is 47.6 Å². The first kappa shape index (κ1) is 19.9. The summed E-state index contributed by atoms with van der Waals surface area (Å²) in [7, 11) is -1.80. The smallest absolute Gasteiger partial charge is 0.402 e. The van der Waals surface area contributed by atoms with Gasteiger partial charge in [-0.2, -0.15) is 0 Å². The molecule has 4 nitrogen and oxygen atoms in total. The molecule has 7 heteroatoms. The van der Waals surface area contributed by atoms with Crippen molar-refractivity contribution < 1.29 is 13.5 Å². The second-order valence-corrected chi connectivity index (χ2v) is 10.6. The molecule has 1 aliphatic heterocycles. The van der Waals surface area contributed by atoms with Crippen molar-refractivity contribution >= 4 is 29.7 Å². The fraction of sp³-hybridized carbons (Fsp3) is 0.647. The SMILES string of the molecule is CC(C)(C)[S@@](=O)N[C@H](B1OC(C)(C)C(C)(C)O1)c1ccc(Cl)cc1. The van der Waals surface area contributed by atoms with E-state index in [1.165, 1.54) is 0 Å². The number of benzene rings is 1. The van der Waals surface area contributed by atoms with Crippen LogP contribution in [-0.4, -0.2) is 27.3 Å². The quantitative estimate of drug-likeness (QED) is 0.812. The average molecular weight is 372 g/mol. The van der Waals surface area contributed by atoms with Crippen LogP contribution in [-0.2, 0) is 20.3 Å². The zero-order valence-corrected chi connectivity index (χ0v) is 17.0. The predicted octanol–water partition coefficient (Wildman–Crippen LogP) is 4.06. The Balaban J connectivity index is 2.34. The van der Waals surface area contributed by atoms with Gasteiger partial charge in [0.05, 0.1) is 32.9 Å². The minimum atomic E-state index is -1.26. The Morgan fingerprint density at radius 2 is 1.54 bits per heavy atom. The van der Waals surface area contributed by atoms with E-state index in [0.29, 0.717) is 5.02 Å². The van der Waals surface area contributed by atoms with Gasteiger partial charge in [-0.05, 0) is 66.2 Å². The van der Waals surface area contributed by atoms with Crippen LogP contribution in [0.15, 0.2) is 24.3 Å². The molecule has 1 aromatic carbocycles. The van der Waals surface area contributed by atoms with Gasteiger partial charge in [-0.3, -0.25) is 0 Å². The van der Waals surface area contributed by atoms with Gasteiger partial charge in [0.2, 0.25) is 0 Å². The van der Waals surface area contributed by atoms with E-state index in [2.05, 4.69) is 4.72 Å². The lowest BCUT2D eigenvalue weighted by molar-refractivity contribution is 0.00578. The van der Waals surface area contributed by atoms with Crippen LogP contribution in [0.2, 0.25) is 5.02 Å². The van der Waals surface area contributed by atoms with E-state index in [-0.39, 0.29) is 5.94 Å². The Labute approximate surface area is 153 Å². The molecule has 2 atom stereocenters. The monoisotopic (exact) mass is 371 g/mol. The van der Waals surface area contributed by atoms with E-state index >= 15 is 0 Å². The fourth-order valence-electron chi connectivity index (χ4n) is 2.27. The largest absolute Gasteiger partial charge is 0.481 e. The molecule has 1 heterocycles. The van der Waals surface area contributed by atoms with E-state index in [9.17, 15) is 4.21 Å². The molecule has 1 aliphatic rings. The average Bonchev–Trinajstić information content (AvgIpc) is 2.64. The third-order valence-corrected chi connectivity index (χ3v) is 6.40. The van der Waals surface area contributed by atoms with Crippen molar-refractivity contribution in [2.75, 3.05) is 0 Å². The van der Waals surface area contributed by atoms with Gasteiger partial charge in [-0.25, -0.2) is 8.93 Å². The Bertz CT molecular complexity index is 597. The summed E-state index contributed by atoms with van der Waals surface area (Å²) in [6, 6.07) is 7.45. The van der Waals surface area contributed by atoms with Gasteiger partial charge in [-0.15, -0.1) is 0 Å². The summed E-state index contributed by atoms with van der Waals surface area (Å²) in [6.07, 6.45) is 0. The maximum absolute atomic E-state index is 12.7. The molecule has 0 saturated carbocycles. The number of hydrogen-bond donors (Lipinski definition) is 1. The molecule has 0 radical (unpaired) electrons. The van der Waals surface area contributed by atoms with Gasteiger partial charge in [0, 0.05) is 5.02 Å². The van der Waals surface area contributed by atoms with Gasteiger partial charge in [0.25, 0.3) is 0 Å². The number of hydrogen-bond acceptors (Lipinski definition) is 3. The zero-order chi connectivity index (χ0) is 18.3. The standard InChI is InChI=1S/C17H27BClNO3S/c1-15(2,3)24(21)20-14(12-8-10-13(19)11-9-12)18-22-16(4,5)17(6,7)23-18/h8-11,14,20H,1-7H3/t14-,24+/m0/s1. The van der Waals surface area contributed by atoms with Crippen LogP contribution in [0.1, 0.15) is 60.0 Å². The molecule has 0 bridgehead atoms. The highest BCUT2D eigenvalue weighted by Crippen LogP contribution is 2.40. The predicted molar refractivity (Wildman–Crippen MR) is 101 cm³/mol. The van der Waals surface area contributed by atoms with E-state index in [1.54, 1.807) is 0 Å². The fourth-order valence-corrected chi connectivity index (χ4v) is 3.23. The third-order valence-electron chi connectivity index (χ3n) is 4.56. The summed E-state index contributed by atoms with van der Waals surface area (Å²) in [6.45, 7) is 13.8. The lowest BCUT2D eigenvalue weighted by Gasteiger charge is -2.32. The Morgan fingerprint density at radius 3 is 1.96 bits per heavy atom. The number of halogens is 1. The maximum atomic E-state index is 12.7. The Hall–Kier alpha value is -0.395. The minimum absolute atomic E-state index is 0.358.